The van der Waals surface area contributed by atoms with Crippen LogP contribution in [0.1, 0.15) is 12.1 Å². The van der Waals surface area contributed by atoms with E-state index >= 15 is 0 Å². The van der Waals surface area contributed by atoms with Crippen molar-refractivity contribution >= 4 is 11.8 Å². The second-order valence-electron chi connectivity index (χ2n) is 4.21. The molecular formula is C11H14F2N4. The first-order valence-electron chi connectivity index (χ1n) is 5.31. The first kappa shape index (κ1) is 11.8. The highest BCUT2D eigenvalue weighted by Gasteiger charge is 2.38. The lowest BCUT2D eigenvalue weighted by atomic mass is 10.0. The minimum atomic E-state index is -2.79. The summed E-state index contributed by atoms with van der Waals surface area (Å²) in [4.78, 5) is 9.90. The van der Waals surface area contributed by atoms with Crippen LogP contribution in [-0.4, -0.2) is 29.0 Å². The molecule has 0 spiro atoms. The molecule has 1 aliphatic rings. The molecule has 0 atom stereocenters. The lowest BCUT2D eigenvalue weighted by Gasteiger charge is -2.33. The van der Waals surface area contributed by atoms with E-state index in [-0.39, 0.29) is 25.1 Å². The number of piperidine rings is 1. The molecule has 1 aliphatic heterocycles. The number of nitrogens with zero attached hydrogens (tertiary/aromatic N) is 3. The highest BCUT2D eigenvalue weighted by atomic mass is 19.3. The van der Waals surface area contributed by atoms with E-state index in [9.17, 15) is 8.78 Å². The molecule has 1 saturated heterocycles. The minimum absolute atomic E-state index is 0.0654. The predicted molar refractivity (Wildman–Crippen MR) is 62.1 cm³/mol. The number of aromatic nitrogens is 2. The number of aryl methyl sites for hydroxylation is 1. The Morgan fingerprint density at radius 1 is 1.47 bits per heavy atom. The fraction of sp³-hybridized carbons (Fsp3) is 0.455. The first-order chi connectivity index (χ1) is 7.88. The van der Waals surface area contributed by atoms with Crippen molar-refractivity contribution in [3.8, 4) is 0 Å². The van der Waals surface area contributed by atoms with Gasteiger partial charge in [-0.2, -0.15) is 4.98 Å². The third-order valence-electron chi connectivity index (χ3n) is 2.74. The Kier molecular flexibility index (Phi) is 2.73. The molecule has 0 radical (unpaired) electrons. The van der Waals surface area contributed by atoms with Crippen molar-refractivity contribution in [3.63, 3.8) is 0 Å². The molecule has 6 heteroatoms. The zero-order valence-electron chi connectivity index (χ0n) is 9.58. The van der Waals surface area contributed by atoms with Gasteiger partial charge >= 0.3 is 0 Å². The molecule has 92 valence electrons. The van der Waals surface area contributed by atoms with Crippen LogP contribution in [0.4, 0.5) is 20.5 Å². The van der Waals surface area contributed by atoms with Crippen LogP contribution in [-0.2, 0) is 0 Å². The summed E-state index contributed by atoms with van der Waals surface area (Å²) in [5.74, 6) is -2.05. The summed E-state index contributed by atoms with van der Waals surface area (Å²) >= 11 is 0. The molecule has 4 nitrogen and oxygen atoms in total. The summed E-state index contributed by atoms with van der Waals surface area (Å²) in [6, 6.07) is 1.64. The smallest absolute Gasteiger partial charge is 0.272 e. The van der Waals surface area contributed by atoms with E-state index in [1.165, 1.54) is 0 Å². The summed E-state index contributed by atoms with van der Waals surface area (Å²) in [6.45, 7) is 5.46. The molecule has 2 rings (SSSR count). The van der Waals surface area contributed by atoms with E-state index in [1.807, 2.05) is 0 Å². The van der Waals surface area contributed by atoms with Crippen LogP contribution < -0.4 is 10.6 Å². The van der Waals surface area contributed by atoms with Gasteiger partial charge in [-0.3, -0.25) is 0 Å². The topological polar surface area (TPSA) is 55.0 Å². The molecule has 1 fully saturated rings. The molecule has 17 heavy (non-hydrogen) atoms. The van der Waals surface area contributed by atoms with Crippen molar-refractivity contribution in [1.29, 1.82) is 0 Å². The molecule has 1 aromatic rings. The SMILES string of the molecule is C=C1CN(c2nc(C)cc(N)n2)CCC1(F)F. The average Bonchev–Trinajstić information content (AvgIpc) is 2.20. The van der Waals surface area contributed by atoms with Gasteiger partial charge in [-0.1, -0.05) is 6.58 Å². The molecule has 0 amide bonds. The molecule has 1 aromatic heterocycles. The minimum Gasteiger partial charge on any atom is -0.384 e. The fourth-order valence-corrected chi connectivity index (χ4v) is 1.77. The molecule has 0 aliphatic carbocycles. The van der Waals surface area contributed by atoms with E-state index in [2.05, 4.69) is 16.5 Å². The lowest BCUT2D eigenvalue weighted by Crippen LogP contribution is -2.42. The molecule has 0 unspecified atom stereocenters. The second-order valence-corrected chi connectivity index (χ2v) is 4.21. The van der Waals surface area contributed by atoms with Gasteiger partial charge in [0.2, 0.25) is 5.95 Å². The summed E-state index contributed by atoms with van der Waals surface area (Å²) in [7, 11) is 0. The Bertz CT molecular complexity index is 439. The van der Waals surface area contributed by atoms with Gasteiger partial charge in [0.05, 0.1) is 0 Å². The van der Waals surface area contributed by atoms with Gasteiger partial charge in [0.25, 0.3) is 5.92 Å². The van der Waals surface area contributed by atoms with Gasteiger partial charge in [-0.15, -0.1) is 0 Å². The van der Waals surface area contributed by atoms with Gasteiger partial charge in [0, 0.05) is 36.8 Å². The van der Waals surface area contributed by atoms with Gasteiger partial charge in [0.15, 0.2) is 0 Å². The molecule has 2 N–H and O–H groups in total. The first-order valence-corrected chi connectivity index (χ1v) is 5.31. The molecule has 0 saturated carbocycles. The summed E-state index contributed by atoms with van der Waals surface area (Å²) < 4.78 is 26.5. The second kappa shape index (κ2) is 3.94. The molecular weight excluding hydrogens is 226 g/mol. The Hall–Kier alpha value is -1.72. The number of nitrogen functional groups attached to an aromatic ring is 1. The quantitative estimate of drug-likeness (QED) is 0.760. The van der Waals surface area contributed by atoms with Gasteiger partial charge in [0.1, 0.15) is 5.82 Å². The van der Waals surface area contributed by atoms with E-state index < -0.39 is 5.92 Å². The zero-order valence-corrected chi connectivity index (χ0v) is 9.58. The van der Waals surface area contributed by atoms with Crippen LogP contribution in [0.3, 0.4) is 0 Å². The summed E-state index contributed by atoms with van der Waals surface area (Å²) in [6.07, 6.45) is -0.261. The zero-order chi connectivity index (χ0) is 12.6. The van der Waals surface area contributed by atoms with Crippen LogP contribution in [0.2, 0.25) is 0 Å². The maximum Gasteiger partial charge on any atom is 0.272 e. The number of hydrogen-bond donors (Lipinski definition) is 1. The number of nitrogens with two attached hydrogens (primary N) is 1. The van der Waals surface area contributed by atoms with Gasteiger partial charge < -0.3 is 10.6 Å². The summed E-state index contributed by atoms with van der Waals surface area (Å²) in [5.41, 5.74) is 6.22. The molecule has 0 aromatic carbocycles. The average molecular weight is 240 g/mol. The number of anilines is 2. The number of hydrogen-bond acceptors (Lipinski definition) is 4. The third-order valence-corrected chi connectivity index (χ3v) is 2.74. The highest BCUT2D eigenvalue weighted by Crippen LogP contribution is 2.32. The van der Waals surface area contributed by atoms with Crippen molar-refractivity contribution in [2.24, 2.45) is 0 Å². The fourth-order valence-electron chi connectivity index (χ4n) is 1.77. The highest BCUT2D eigenvalue weighted by molar-refractivity contribution is 5.43. The van der Waals surface area contributed by atoms with Crippen molar-refractivity contribution in [2.75, 3.05) is 23.7 Å². The number of rotatable bonds is 1. The third kappa shape index (κ3) is 2.35. The van der Waals surface area contributed by atoms with Gasteiger partial charge in [-0.25, -0.2) is 13.8 Å². The van der Waals surface area contributed by atoms with Crippen LogP contribution in [0.5, 0.6) is 0 Å². The van der Waals surface area contributed by atoms with Crippen LogP contribution in [0, 0.1) is 6.92 Å². The van der Waals surface area contributed by atoms with Gasteiger partial charge in [-0.05, 0) is 6.92 Å². The van der Waals surface area contributed by atoms with E-state index in [0.717, 1.165) is 5.69 Å². The van der Waals surface area contributed by atoms with Crippen LogP contribution in [0.25, 0.3) is 0 Å². The van der Waals surface area contributed by atoms with E-state index in [4.69, 9.17) is 5.73 Å². The Morgan fingerprint density at radius 3 is 2.76 bits per heavy atom. The number of alkyl halides is 2. The maximum absolute atomic E-state index is 13.3. The largest absolute Gasteiger partial charge is 0.384 e. The summed E-state index contributed by atoms with van der Waals surface area (Å²) in [5, 5.41) is 0. The molecule has 0 bridgehead atoms. The van der Waals surface area contributed by atoms with Crippen LogP contribution in [0.15, 0.2) is 18.2 Å². The van der Waals surface area contributed by atoms with Crippen LogP contribution >= 0.6 is 0 Å². The Balaban J connectivity index is 2.22. The standard InChI is InChI=1S/C11H14F2N4/c1-7-6-17(4-3-11(7,12)13)10-15-8(2)5-9(14)16-10/h5H,1,3-4,6H2,2H3,(H2,14,15,16). The van der Waals surface area contributed by atoms with Crippen molar-refractivity contribution in [3.05, 3.63) is 23.9 Å². The predicted octanol–water partition coefficient (Wildman–Crippen LogP) is 1.77. The normalized spacial score (nSPS) is 19.5. The molecule has 2 heterocycles. The monoisotopic (exact) mass is 240 g/mol. The maximum atomic E-state index is 13.3. The van der Waals surface area contributed by atoms with E-state index in [1.54, 1.807) is 17.9 Å². The van der Waals surface area contributed by atoms with Crippen molar-refractivity contribution in [2.45, 2.75) is 19.3 Å². The van der Waals surface area contributed by atoms with E-state index in [0.29, 0.717) is 11.8 Å². The number of halogens is 2. The Morgan fingerprint density at radius 2 is 2.18 bits per heavy atom. The Labute approximate surface area is 98.2 Å². The van der Waals surface area contributed by atoms with Crippen molar-refractivity contribution in [1.82, 2.24) is 9.97 Å². The lowest BCUT2D eigenvalue weighted by molar-refractivity contribution is 0.0254. The van der Waals surface area contributed by atoms with Crippen molar-refractivity contribution < 1.29 is 8.78 Å².